The molecule has 6 heteroatoms. The third-order valence-corrected chi connectivity index (χ3v) is 3.42. The molecule has 0 unspecified atom stereocenters. The van der Waals surface area contributed by atoms with Crippen LogP contribution in [0, 0.1) is 0 Å². The molecule has 0 aliphatic carbocycles. The van der Waals surface area contributed by atoms with Gasteiger partial charge in [-0.2, -0.15) is 0 Å². The standard InChI is InChI=1S/C13H9ClN4S/c14-12-4-3-10(7-16-12)17-13-18-11(8-19-13)9-2-1-5-15-6-9/h1-8H,(H,17,18). The summed E-state index contributed by atoms with van der Waals surface area (Å²) in [4.78, 5) is 12.6. The molecule has 0 aliphatic rings. The normalized spacial score (nSPS) is 10.4. The largest absolute Gasteiger partial charge is 0.330 e. The molecule has 94 valence electrons. The first-order valence-electron chi connectivity index (χ1n) is 5.56. The second-order valence-electron chi connectivity index (χ2n) is 3.77. The maximum absolute atomic E-state index is 5.74. The third-order valence-electron chi connectivity index (χ3n) is 2.44. The minimum atomic E-state index is 0.473. The van der Waals surface area contributed by atoms with Crippen molar-refractivity contribution in [3.8, 4) is 11.3 Å². The summed E-state index contributed by atoms with van der Waals surface area (Å²) < 4.78 is 0. The van der Waals surface area contributed by atoms with Crippen LogP contribution in [0.2, 0.25) is 5.15 Å². The predicted molar refractivity (Wildman–Crippen MR) is 77.9 cm³/mol. The van der Waals surface area contributed by atoms with E-state index in [1.54, 1.807) is 24.7 Å². The molecule has 3 aromatic heterocycles. The lowest BCUT2D eigenvalue weighted by atomic mass is 10.2. The van der Waals surface area contributed by atoms with Crippen molar-refractivity contribution in [2.45, 2.75) is 0 Å². The van der Waals surface area contributed by atoms with E-state index in [2.05, 4.69) is 20.3 Å². The maximum Gasteiger partial charge on any atom is 0.187 e. The van der Waals surface area contributed by atoms with Crippen molar-refractivity contribution in [2.75, 3.05) is 5.32 Å². The highest BCUT2D eigenvalue weighted by molar-refractivity contribution is 7.14. The predicted octanol–water partition coefficient (Wildman–Crippen LogP) is 4.00. The van der Waals surface area contributed by atoms with E-state index >= 15 is 0 Å². The molecule has 0 saturated heterocycles. The van der Waals surface area contributed by atoms with E-state index in [0.29, 0.717) is 5.15 Å². The van der Waals surface area contributed by atoms with Crippen molar-refractivity contribution >= 4 is 33.8 Å². The number of halogens is 1. The number of thiazole rings is 1. The number of anilines is 2. The summed E-state index contributed by atoms with van der Waals surface area (Å²) in [6, 6.07) is 7.47. The van der Waals surface area contributed by atoms with Crippen molar-refractivity contribution in [1.29, 1.82) is 0 Å². The highest BCUT2D eigenvalue weighted by Crippen LogP contribution is 2.26. The van der Waals surface area contributed by atoms with Crippen LogP contribution in [0.15, 0.2) is 48.2 Å². The molecular formula is C13H9ClN4S. The number of aromatic nitrogens is 3. The lowest BCUT2D eigenvalue weighted by molar-refractivity contribution is 1.29. The SMILES string of the molecule is Clc1ccc(Nc2nc(-c3cccnc3)cs2)cn1. The van der Waals surface area contributed by atoms with Gasteiger partial charge in [-0.05, 0) is 24.3 Å². The molecule has 0 aliphatic heterocycles. The lowest BCUT2D eigenvalue weighted by Gasteiger charge is -2.01. The molecule has 0 atom stereocenters. The zero-order valence-corrected chi connectivity index (χ0v) is 11.3. The molecule has 0 bridgehead atoms. The molecule has 4 nitrogen and oxygen atoms in total. The Morgan fingerprint density at radius 2 is 2.11 bits per heavy atom. The smallest absolute Gasteiger partial charge is 0.187 e. The van der Waals surface area contributed by atoms with Gasteiger partial charge in [0.25, 0.3) is 0 Å². The van der Waals surface area contributed by atoms with Gasteiger partial charge in [0.2, 0.25) is 0 Å². The highest BCUT2D eigenvalue weighted by Gasteiger charge is 2.04. The Morgan fingerprint density at radius 3 is 2.84 bits per heavy atom. The molecule has 0 saturated carbocycles. The van der Waals surface area contributed by atoms with Crippen LogP contribution in [0.25, 0.3) is 11.3 Å². The minimum absolute atomic E-state index is 0.473. The Morgan fingerprint density at radius 1 is 1.16 bits per heavy atom. The number of nitrogens with one attached hydrogen (secondary N) is 1. The zero-order valence-electron chi connectivity index (χ0n) is 9.75. The molecule has 0 fully saturated rings. The van der Waals surface area contributed by atoms with Crippen LogP contribution in [-0.2, 0) is 0 Å². The van der Waals surface area contributed by atoms with Gasteiger partial charge in [-0.25, -0.2) is 9.97 Å². The average Bonchev–Trinajstić information content (AvgIpc) is 2.91. The van der Waals surface area contributed by atoms with Gasteiger partial charge in [0.15, 0.2) is 5.13 Å². The molecule has 19 heavy (non-hydrogen) atoms. The van der Waals surface area contributed by atoms with Crippen LogP contribution in [0.1, 0.15) is 0 Å². The molecule has 1 N–H and O–H groups in total. The summed E-state index contributed by atoms with van der Waals surface area (Å²) in [7, 11) is 0. The molecule has 3 aromatic rings. The fourth-order valence-electron chi connectivity index (χ4n) is 1.55. The molecule has 0 aromatic carbocycles. The topological polar surface area (TPSA) is 50.7 Å². The Balaban J connectivity index is 1.80. The summed E-state index contributed by atoms with van der Waals surface area (Å²) in [5, 5.41) is 6.46. The number of rotatable bonds is 3. The Kier molecular flexibility index (Phi) is 3.39. The number of nitrogens with zero attached hydrogens (tertiary/aromatic N) is 3. The van der Waals surface area contributed by atoms with Crippen molar-refractivity contribution in [3.05, 3.63) is 53.4 Å². The second-order valence-corrected chi connectivity index (χ2v) is 5.02. The molecule has 0 spiro atoms. The zero-order chi connectivity index (χ0) is 13.1. The summed E-state index contributed by atoms with van der Waals surface area (Å²) in [6.45, 7) is 0. The van der Waals surface area contributed by atoms with Crippen molar-refractivity contribution in [3.63, 3.8) is 0 Å². The molecule has 0 amide bonds. The first-order valence-corrected chi connectivity index (χ1v) is 6.81. The van der Waals surface area contributed by atoms with Gasteiger partial charge in [-0.15, -0.1) is 11.3 Å². The van der Waals surface area contributed by atoms with E-state index in [1.807, 2.05) is 23.6 Å². The highest BCUT2D eigenvalue weighted by atomic mass is 35.5. The van der Waals surface area contributed by atoms with E-state index in [0.717, 1.165) is 22.1 Å². The Hall–Kier alpha value is -1.98. The molecular weight excluding hydrogens is 280 g/mol. The molecule has 0 radical (unpaired) electrons. The van der Waals surface area contributed by atoms with E-state index < -0.39 is 0 Å². The second kappa shape index (κ2) is 5.34. The summed E-state index contributed by atoms with van der Waals surface area (Å²) in [5.41, 5.74) is 2.76. The van der Waals surface area contributed by atoms with Gasteiger partial charge >= 0.3 is 0 Å². The first kappa shape index (κ1) is 12.1. The van der Waals surface area contributed by atoms with E-state index in [1.165, 1.54) is 11.3 Å². The van der Waals surface area contributed by atoms with Gasteiger partial charge in [0.05, 0.1) is 17.6 Å². The van der Waals surface area contributed by atoms with Crippen LogP contribution in [0.5, 0.6) is 0 Å². The monoisotopic (exact) mass is 288 g/mol. The number of hydrogen-bond acceptors (Lipinski definition) is 5. The van der Waals surface area contributed by atoms with Crippen LogP contribution < -0.4 is 5.32 Å². The third kappa shape index (κ3) is 2.89. The average molecular weight is 289 g/mol. The number of hydrogen-bond donors (Lipinski definition) is 1. The van der Waals surface area contributed by atoms with Crippen LogP contribution >= 0.6 is 22.9 Å². The van der Waals surface area contributed by atoms with Crippen molar-refractivity contribution in [2.24, 2.45) is 0 Å². The van der Waals surface area contributed by atoms with Crippen molar-refractivity contribution < 1.29 is 0 Å². The van der Waals surface area contributed by atoms with Gasteiger partial charge in [0, 0.05) is 23.3 Å². The fraction of sp³-hybridized carbons (Fsp3) is 0. The van der Waals surface area contributed by atoms with Crippen LogP contribution in [0.4, 0.5) is 10.8 Å². The summed E-state index contributed by atoms with van der Waals surface area (Å²) in [5.74, 6) is 0. The lowest BCUT2D eigenvalue weighted by Crippen LogP contribution is -1.90. The quantitative estimate of drug-likeness (QED) is 0.740. The van der Waals surface area contributed by atoms with E-state index in [4.69, 9.17) is 11.6 Å². The number of pyridine rings is 2. The van der Waals surface area contributed by atoms with E-state index in [-0.39, 0.29) is 0 Å². The summed E-state index contributed by atoms with van der Waals surface area (Å²) in [6.07, 6.45) is 5.21. The summed E-state index contributed by atoms with van der Waals surface area (Å²) >= 11 is 7.27. The van der Waals surface area contributed by atoms with Gasteiger partial charge in [-0.3, -0.25) is 4.98 Å². The first-order chi connectivity index (χ1) is 9.31. The van der Waals surface area contributed by atoms with E-state index in [9.17, 15) is 0 Å². The fourth-order valence-corrected chi connectivity index (χ4v) is 2.40. The van der Waals surface area contributed by atoms with Crippen molar-refractivity contribution in [1.82, 2.24) is 15.0 Å². The Labute approximate surface area is 119 Å². The Bertz CT molecular complexity index is 667. The molecule has 3 rings (SSSR count). The van der Waals surface area contributed by atoms with Crippen LogP contribution in [0.3, 0.4) is 0 Å². The van der Waals surface area contributed by atoms with Gasteiger partial charge < -0.3 is 5.32 Å². The minimum Gasteiger partial charge on any atom is -0.330 e. The molecule has 3 heterocycles. The maximum atomic E-state index is 5.74. The van der Waals surface area contributed by atoms with Crippen LogP contribution in [-0.4, -0.2) is 15.0 Å². The van der Waals surface area contributed by atoms with Gasteiger partial charge in [-0.1, -0.05) is 11.6 Å². The van der Waals surface area contributed by atoms with Gasteiger partial charge in [0.1, 0.15) is 5.15 Å².